The number of amides is 1. The minimum atomic E-state index is -0.215. The molecule has 4 nitrogen and oxygen atoms in total. The van der Waals surface area contributed by atoms with Gasteiger partial charge in [-0.1, -0.05) is 30.3 Å². The number of furan rings is 1. The van der Waals surface area contributed by atoms with E-state index >= 15 is 0 Å². The van der Waals surface area contributed by atoms with Crippen LogP contribution in [-0.4, -0.2) is 12.5 Å². The second-order valence-corrected chi connectivity index (χ2v) is 4.72. The zero-order valence-corrected chi connectivity index (χ0v) is 11.7. The summed E-state index contributed by atoms with van der Waals surface area (Å²) in [6, 6.07) is 15.4. The number of hydrogen-bond acceptors (Lipinski definition) is 3. The fourth-order valence-corrected chi connectivity index (χ4v) is 2.59. The maximum absolute atomic E-state index is 12.1. The number of nitriles is 1. The highest BCUT2D eigenvalue weighted by atomic mass is 16.3. The standard InChI is InChI=1S/C17H14N2O2/c1-2-19(16(20)10-11-18)14-8-5-7-13-12-6-3-4-9-15(12)21-17(13)14/h3-9H,2,10H2,1H3. The average molecular weight is 278 g/mol. The van der Waals surface area contributed by atoms with E-state index in [1.165, 1.54) is 0 Å². The van der Waals surface area contributed by atoms with Crippen LogP contribution in [0.25, 0.3) is 21.9 Å². The van der Waals surface area contributed by atoms with Crippen molar-refractivity contribution in [2.45, 2.75) is 13.3 Å². The molecule has 0 radical (unpaired) electrons. The molecule has 0 aliphatic heterocycles. The maximum Gasteiger partial charge on any atom is 0.241 e. The van der Waals surface area contributed by atoms with Gasteiger partial charge in [0.05, 0.1) is 11.8 Å². The largest absolute Gasteiger partial charge is 0.454 e. The van der Waals surface area contributed by atoms with Gasteiger partial charge in [0.15, 0.2) is 5.58 Å². The SMILES string of the molecule is CCN(C(=O)CC#N)c1cccc2c1oc1ccccc12. The first-order valence-electron chi connectivity index (χ1n) is 6.84. The quantitative estimate of drug-likeness (QED) is 0.731. The number of carbonyl (C=O) groups excluding carboxylic acids is 1. The van der Waals surface area contributed by atoms with Gasteiger partial charge in [0.1, 0.15) is 12.0 Å². The summed E-state index contributed by atoms with van der Waals surface area (Å²) < 4.78 is 5.92. The van der Waals surface area contributed by atoms with E-state index < -0.39 is 0 Å². The molecule has 2 aromatic carbocycles. The van der Waals surface area contributed by atoms with Crippen molar-refractivity contribution in [3.63, 3.8) is 0 Å². The Labute approximate surface area is 122 Å². The van der Waals surface area contributed by atoms with Crippen LogP contribution < -0.4 is 4.90 Å². The molecule has 0 saturated carbocycles. The van der Waals surface area contributed by atoms with Gasteiger partial charge in [-0.15, -0.1) is 0 Å². The number of nitrogens with zero attached hydrogens (tertiary/aromatic N) is 2. The summed E-state index contributed by atoms with van der Waals surface area (Å²) in [4.78, 5) is 13.7. The first-order valence-corrected chi connectivity index (χ1v) is 6.84. The fourth-order valence-electron chi connectivity index (χ4n) is 2.59. The lowest BCUT2D eigenvalue weighted by molar-refractivity contribution is -0.117. The van der Waals surface area contributed by atoms with Crippen molar-refractivity contribution in [2.24, 2.45) is 0 Å². The number of hydrogen-bond donors (Lipinski definition) is 0. The zero-order valence-electron chi connectivity index (χ0n) is 11.7. The van der Waals surface area contributed by atoms with Crippen molar-refractivity contribution in [3.05, 3.63) is 42.5 Å². The molecule has 0 saturated heterocycles. The molecule has 0 aliphatic rings. The van der Waals surface area contributed by atoms with Gasteiger partial charge in [0.25, 0.3) is 0 Å². The molecule has 3 aromatic rings. The summed E-state index contributed by atoms with van der Waals surface area (Å²) in [7, 11) is 0. The first-order chi connectivity index (χ1) is 10.3. The lowest BCUT2D eigenvalue weighted by Gasteiger charge is -2.19. The van der Waals surface area contributed by atoms with Crippen molar-refractivity contribution in [1.29, 1.82) is 5.26 Å². The minimum Gasteiger partial charge on any atom is -0.454 e. The second kappa shape index (κ2) is 5.29. The highest BCUT2D eigenvalue weighted by molar-refractivity contribution is 6.11. The van der Waals surface area contributed by atoms with Crippen molar-refractivity contribution < 1.29 is 9.21 Å². The van der Waals surface area contributed by atoms with Gasteiger partial charge in [-0.05, 0) is 19.1 Å². The van der Waals surface area contributed by atoms with Crippen molar-refractivity contribution >= 4 is 33.5 Å². The van der Waals surface area contributed by atoms with Crippen LogP contribution in [0.1, 0.15) is 13.3 Å². The molecule has 0 fully saturated rings. The van der Waals surface area contributed by atoms with Crippen LogP contribution in [0.4, 0.5) is 5.69 Å². The van der Waals surface area contributed by atoms with Crippen LogP contribution in [0.2, 0.25) is 0 Å². The Bertz CT molecular complexity index is 858. The molecule has 1 heterocycles. The van der Waals surface area contributed by atoms with Gasteiger partial charge in [-0.3, -0.25) is 4.79 Å². The Morgan fingerprint density at radius 1 is 1.19 bits per heavy atom. The smallest absolute Gasteiger partial charge is 0.241 e. The van der Waals surface area contributed by atoms with Crippen molar-refractivity contribution in [2.75, 3.05) is 11.4 Å². The summed E-state index contributed by atoms with van der Waals surface area (Å²) in [5, 5.41) is 10.7. The van der Waals surface area contributed by atoms with Gasteiger partial charge in [0, 0.05) is 17.3 Å². The molecule has 1 amide bonds. The highest BCUT2D eigenvalue weighted by Crippen LogP contribution is 2.35. The van der Waals surface area contributed by atoms with Gasteiger partial charge in [-0.25, -0.2) is 0 Å². The molecule has 1 aromatic heterocycles. The average Bonchev–Trinajstić information content (AvgIpc) is 2.88. The third-order valence-electron chi connectivity index (χ3n) is 3.52. The lowest BCUT2D eigenvalue weighted by atomic mass is 10.1. The minimum absolute atomic E-state index is 0.134. The van der Waals surface area contributed by atoms with E-state index in [0.29, 0.717) is 17.8 Å². The topological polar surface area (TPSA) is 57.2 Å². The van der Waals surface area contributed by atoms with Crippen molar-refractivity contribution in [3.8, 4) is 6.07 Å². The summed E-state index contributed by atoms with van der Waals surface area (Å²) >= 11 is 0. The molecular weight excluding hydrogens is 264 g/mol. The third kappa shape index (κ3) is 2.13. The molecule has 0 spiro atoms. The number of fused-ring (bicyclic) bond motifs is 3. The summed E-state index contributed by atoms with van der Waals surface area (Å²) in [6.45, 7) is 2.38. The summed E-state index contributed by atoms with van der Waals surface area (Å²) in [5.74, 6) is -0.215. The zero-order chi connectivity index (χ0) is 14.8. The molecule has 0 unspecified atom stereocenters. The molecular formula is C17H14N2O2. The van der Waals surface area contributed by atoms with Crippen molar-refractivity contribution in [1.82, 2.24) is 0 Å². The molecule has 104 valence electrons. The van der Waals surface area contributed by atoms with Crippen LogP contribution >= 0.6 is 0 Å². The van der Waals surface area contributed by atoms with Gasteiger partial charge in [0.2, 0.25) is 5.91 Å². The normalized spacial score (nSPS) is 10.7. The predicted molar refractivity (Wildman–Crippen MR) is 82.0 cm³/mol. The van der Waals surface area contributed by atoms with E-state index in [0.717, 1.165) is 16.4 Å². The molecule has 21 heavy (non-hydrogen) atoms. The highest BCUT2D eigenvalue weighted by Gasteiger charge is 2.19. The van der Waals surface area contributed by atoms with E-state index in [2.05, 4.69) is 0 Å². The van der Waals surface area contributed by atoms with Gasteiger partial charge in [-0.2, -0.15) is 5.26 Å². The Balaban J connectivity index is 2.23. The molecule has 0 bridgehead atoms. The fraction of sp³-hybridized carbons (Fsp3) is 0.176. The van der Waals surface area contributed by atoms with E-state index in [1.54, 1.807) is 4.90 Å². The van der Waals surface area contributed by atoms with E-state index in [-0.39, 0.29) is 12.3 Å². The second-order valence-electron chi connectivity index (χ2n) is 4.72. The Morgan fingerprint density at radius 2 is 1.95 bits per heavy atom. The molecule has 0 N–H and O–H groups in total. The Hall–Kier alpha value is -2.80. The van der Waals surface area contributed by atoms with Crippen LogP contribution in [0.5, 0.6) is 0 Å². The van der Waals surface area contributed by atoms with Crippen LogP contribution in [0, 0.1) is 11.3 Å². The number of anilines is 1. The number of rotatable bonds is 3. The molecule has 3 rings (SSSR count). The van der Waals surface area contributed by atoms with Gasteiger partial charge >= 0.3 is 0 Å². The molecule has 4 heteroatoms. The number of benzene rings is 2. The summed E-state index contributed by atoms with van der Waals surface area (Å²) in [6.07, 6.45) is -0.134. The Morgan fingerprint density at radius 3 is 2.71 bits per heavy atom. The van der Waals surface area contributed by atoms with Crippen LogP contribution in [-0.2, 0) is 4.79 Å². The van der Waals surface area contributed by atoms with E-state index in [4.69, 9.17) is 9.68 Å². The predicted octanol–water partition coefficient (Wildman–Crippen LogP) is 3.85. The Kier molecular flexibility index (Phi) is 3.33. The van der Waals surface area contributed by atoms with Crippen LogP contribution in [0.15, 0.2) is 46.9 Å². The first kappa shape index (κ1) is 13.2. The number of carbonyl (C=O) groups is 1. The van der Waals surface area contributed by atoms with E-state index in [1.807, 2.05) is 55.5 Å². The molecule has 0 atom stereocenters. The summed E-state index contributed by atoms with van der Waals surface area (Å²) in [5.41, 5.74) is 2.20. The van der Waals surface area contributed by atoms with E-state index in [9.17, 15) is 4.79 Å². The third-order valence-corrected chi connectivity index (χ3v) is 3.52. The lowest BCUT2D eigenvalue weighted by Crippen LogP contribution is -2.30. The number of para-hydroxylation sites is 2. The monoisotopic (exact) mass is 278 g/mol. The maximum atomic E-state index is 12.1. The van der Waals surface area contributed by atoms with Gasteiger partial charge < -0.3 is 9.32 Å². The molecule has 0 aliphatic carbocycles. The van der Waals surface area contributed by atoms with Crippen LogP contribution in [0.3, 0.4) is 0 Å².